The summed E-state index contributed by atoms with van der Waals surface area (Å²) >= 11 is 5.66. The second-order valence-electron chi connectivity index (χ2n) is 4.75. The lowest BCUT2D eigenvalue weighted by atomic mass is 9.87. The van der Waals surface area contributed by atoms with Crippen LogP contribution in [0.5, 0.6) is 0 Å². The molecule has 0 amide bonds. The minimum absolute atomic E-state index is 0.189. The first-order chi connectivity index (χ1) is 7.48. The second kappa shape index (κ2) is 4.18. The third kappa shape index (κ3) is 2.28. The van der Waals surface area contributed by atoms with Crippen LogP contribution in [-0.4, -0.2) is 9.59 Å². The van der Waals surface area contributed by atoms with E-state index in [1.54, 1.807) is 0 Å². The molecule has 2 aromatic rings. The van der Waals surface area contributed by atoms with Gasteiger partial charge in [0.15, 0.2) is 0 Å². The molecule has 0 unspecified atom stereocenters. The van der Waals surface area contributed by atoms with Crippen molar-refractivity contribution in [3.63, 3.8) is 0 Å². The highest BCUT2D eigenvalue weighted by Crippen LogP contribution is 2.30. The quantitative estimate of drug-likeness (QED) is 0.779. The van der Waals surface area contributed by atoms with Crippen LogP contribution in [0, 0.1) is 0 Å². The van der Waals surface area contributed by atoms with E-state index in [-0.39, 0.29) is 5.41 Å². The van der Waals surface area contributed by atoms with Crippen molar-refractivity contribution in [2.24, 2.45) is 0 Å². The number of thiol groups is 1. The van der Waals surface area contributed by atoms with Crippen LogP contribution in [0.2, 0.25) is 0 Å². The molecular formula is C12H14N2S2. The standard InChI is InChI=1S/C12H14N2S2/c1-12(2,3)9-6-4-8(5-7-9)10-11(15)13-14-16-10/h4-7,15H,1-3H3. The Hall–Kier alpha value is -0.870. The van der Waals surface area contributed by atoms with Gasteiger partial charge in [-0.1, -0.05) is 49.5 Å². The lowest BCUT2D eigenvalue weighted by Gasteiger charge is -2.18. The summed E-state index contributed by atoms with van der Waals surface area (Å²) in [7, 11) is 0. The third-order valence-electron chi connectivity index (χ3n) is 2.48. The molecule has 0 N–H and O–H groups in total. The zero-order valence-electron chi connectivity index (χ0n) is 9.56. The molecular weight excluding hydrogens is 236 g/mol. The first-order valence-corrected chi connectivity index (χ1v) is 6.33. The molecule has 84 valence electrons. The monoisotopic (exact) mass is 250 g/mol. The summed E-state index contributed by atoms with van der Waals surface area (Å²) in [6.45, 7) is 6.63. The Balaban J connectivity index is 2.37. The molecule has 2 nitrogen and oxygen atoms in total. The van der Waals surface area contributed by atoms with E-state index in [4.69, 9.17) is 0 Å². The van der Waals surface area contributed by atoms with E-state index in [2.05, 4.69) is 67.3 Å². The maximum atomic E-state index is 4.28. The molecule has 0 aliphatic heterocycles. The zero-order chi connectivity index (χ0) is 11.8. The van der Waals surface area contributed by atoms with Gasteiger partial charge in [0.2, 0.25) is 0 Å². The molecule has 0 atom stereocenters. The Morgan fingerprint density at radius 3 is 2.19 bits per heavy atom. The highest BCUT2D eigenvalue weighted by Gasteiger charge is 2.14. The Morgan fingerprint density at radius 1 is 1.12 bits per heavy atom. The molecule has 0 aliphatic carbocycles. The Morgan fingerprint density at radius 2 is 1.75 bits per heavy atom. The van der Waals surface area contributed by atoms with Crippen molar-refractivity contribution in [2.75, 3.05) is 0 Å². The zero-order valence-corrected chi connectivity index (χ0v) is 11.3. The van der Waals surface area contributed by atoms with Gasteiger partial charge in [0.05, 0.1) is 4.88 Å². The van der Waals surface area contributed by atoms with Crippen molar-refractivity contribution in [2.45, 2.75) is 31.2 Å². The fourth-order valence-corrected chi connectivity index (χ4v) is 2.41. The van der Waals surface area contributed by atoms with Crippen LogP contribution in [-0.2, 0) is 5.41 Å². The summed E-state index contributed by atoms with van der Waals surface area (Å²) in [5, 5.41) is 4.60. The number of benzene rings is 1. The number of aromatic nitrogens is 2. The maximum absolute atomic E-state index is 4.28. The minimum atomic E-state index is 0.189. The molecule has 0 saturated carbocycles. The smallest absolute Gasteiger partial charge is 0.131 e. The summed E-state index contributed by atoms with van der Waals surface area (Å²) in [6, 6.07) is 8.52. The number of nitrogens with zero attached hydrogens (tertiary/aromatic N) is 2. The van der Waals surface area contributed by atoms with Crippen molar-refractivity contribution < 1.29 is 0 Å². The van der Waals surface area contributed by atoms with Gasteiger partial charge in [-0.2, -0.15) is 0 Å². The normalized spacial score (nSPS) is 11.8. The summed E-state index contributed by atoms with van der Waals surface area (Å²) in [4.78, 5) is 1.03. The fraction of sp³-hybridized carbons (Fsp3) is 0.333. The summed E-state index contributed by atoms with van der Waals surface area (Å²) in [5.74, 6) is 0. The second-order valence-corrected chi connectivity index (χ2v) is 5.93. The fourth-order valence-electron chi connectivity index (χ4n) is 1.49. The van der Waals surface area contributed by atoms with Crippen LogP contribution in [0.15, 0.2) is 29.3 Å². The van der Waals surface area contributed by atoms with E-state index in [9.17, 15) is 0 Å². The van der Waals surface area contributed by atoms with E-state index in [1.807, 2.05) is 0 Å². The first kappa shape index (κ1) is 11.6. The number of hydrogen-bond acceptors (Lipinski definition) is 4. The molecule has 0 radical (unpaired) electrons. The van der Waals surface area contributed by atoms with E-state index in [0.717, 1.165) is 10.4 Å². The summed E-state index contributed by atoms with van der Waals surface area (Å²) in [5.41, 5.74) is 2.65. The van der Waals surface area contributed by atoms with Crippen LogP contribution < -0.4 is 0 Å². The van der Waals surface area contributed by atoms with E-state index >= 15 is 0 Å². The van der Waals surface area contributed by atoms with Gasteiger partial charge in [0.25, 0.3) is 0 Å². The summed E-state index contributed by atoms with van der Waals surface area (Å²) < 4.78 is 3.88. The van der Waals surface area contributed by atoms with Crippen molar-refractivity contribution in [1.29, 1.82) is 0 Å². The average molecular weight is 250 g/mol. The Labute approximate surface area is 105 Å². The first-order valence-electron chi connectivity index (χ1n) is 5.11. The highest BCUT2D eigenvalue weighted by molar-refractivity contribution is 7.80. The minimum Gasteiger partial charge on any atom is -0.131 e. The van der Waals surface area contributed by atoms with Gasteiger partial charge >= 0.3 is 0 Å². The van der Waals surface area contributed by atoms with E-state index in [0.29, 0.717) is 5.03 Å². The van der Waals surface area contributed by atoms with Gasteiger partial charge in [-0.15, -0.1) is 17.7 Å². The molecule has 1 heterocycles. The van der Waals surface area contributed by atoms with Crippen LogP contribution >= 0.6 is 24.2 Å². The molecule has 2 rings (SSSR count). The molecule has 0 aliphatic rings. The topological polar surface area (TPSA) is 25.8 Å². The molecule has 0 fully saturated rings. The lowest BCUT2D eigenvalue weighted by Crippen LogP contribution is -2.10. The maximum Gasteiger partial charge on any atom is 0.136 e. The largest absolute Gasteiger partial charge is 0.136 e. The number of rotatable bonds is 1. The van der Waals surface area contributed by atoms with Crippen LogP contribution in [0.4, 0.5) is 0 Å². The van der Waals surface area contributed by atoms with Gasteiger partial charge < -0.3 is 0 Å². The van der Waals surface area contributed by atoms with Crippen LogP contribution in [0.3, 0.4) is 0 Å². The van der Waals surface area contributed by atoms with Gasteiger partial charge in [0.1, 0.15) is 5.03 Å². The van der Waals surface area contributed by atoms with Gasteiger partial charge in [0, 0.05) is 0 Å². The Bertz CT molecular complexity index is 480. The predicted octanol–water partition coefficient (Wildman–Crippen LogP) is 3.79. The number of hydrogen-bond donors (Lipinski definition) is 1. The van der Waals surface area contributed by atoms with Crippen molar-refractivity contribution in [1.82, 2.24) is 9.59 Å². The molecule has 0 saturated heterocycles. The Kier molecular flexibility index (Phi) is 3.04. The van der Waals surface area contributed by atoms with Gasteiger partial charge in [-0.05, 0) is 28.1 Å². The molecule has 16 heavy (non-hydrogen) atoms. The lowest BCUT2D eigenvalue weighted by molar-refractivity contribution is 0.590. The van der Waals surface area contributed by atoms with E-state index < -0.39 is 0 Å². The van der Waals surface area contributed by atoms with Crippen molar-refractivity contribution in [3.05, 3.63) is 29.8 Å². The van der Waals surface area contributed by atoms with Crippen molar-refractivity contribution >= 4 is 24.2 Å². The predicted molar refractivity (Wildman–Crippen MR) is 71.3 cm³/mol. The molecule has 0 bridgehead atoms. The van der Waals surface area contributed by atoms with Gasteiger partial charge in [-0.25, -0.2) is 0 Å². The molecule has 1 aromatic carbocycles. The molecule has 4 heteroatoms. The van der Waals surface area contributed by atoms with Crippen LogP contribution in [0.25, 0.3) is 10.4 Å². The van der Waals surface area contributed by atoms with Crippen molar-refractivity contribution in [3.8, 4) is 10.4 Å². The third-order valence-corrected chi connectivity index (χ3v) is 3.72. The SMILES string of the molecule is CC(C)(C)c1ccc(-c2snnc2S)cc1. The summed E-state index contributed by atoms with van der Waals surface area (Å²) in [6.07, 6.45) is 0. The molecule has 1 aromatic heterocycles. The van der Waals surface area contributed by atoms with Crippen LogP contribution in [0.1, 0.15) is 26.3 Å². The van der Waals surface area contributed by atoms with E-state index in [1.165, 1.54) is 17.1 Å². The highest BCUT2D eigenvalue weighted by atomic mass is 32.1. The molecule has 0 spiro atoms. The van der Waals surface area contributed by atoms with Gasteiger partial charge in [-0.3, -0.25) is 0 Å². The average Bonchev–Trinajstić information content (AvgIpc) is 2.63.